The Hall–Kier alpha value is -1.87. The molecule has 0 saturated carbocycles. The Morgan fingerprint density at radius 1 is 1.12 bits per heavy atom. The van der Waals surface area contributed by atoms with E-state index in [4.69, 9.17) is 16.7 Å². The predicted octanol–water partition coefficient (Wildman–Crippen LogP) is 3.84. The average molecular weight is 251 g/mol. The van der Waals surface area contributed by atoms with Crippen LogP contribution in [0.1, 0.15) is 10.4 Å². The van der Waals surface area contributed by atoms with E-state index in [9.17, 15) is 9.18 Å². The van der Waals surface area contributed by atoms with Gasteiger partial charge in [-0.25, -0.2) is 9.18 Å². The molecule has 0 spiro atoms. The molecule has 0 aliphatic carbocycles. The summed E-state index contributed by atoms with van der Waals surface area (Å²) >= 11 is 5.75. The first-order valence-electron chi connectivity index (χ1n) is 4.86. The minimum atomic E-state index is -1.02. The molecule has 2 rings (SSSR count). The van der Waals surface area contributed by atoms with Crippen molar-refractivity contribution in [2.45, 2.75) is 0 Å². The van der Waals surface area contributed by atoms with Gasteiger partial charge in [0.15, 0.2) is 0 Å². The largest absolute Gasteiger partial charge is 0.478 e. The van der Waals surface area contributed by atoms with E-state index in [0.29, 0.717) is 11.1 Å². The molecule has 0 aliphatic heterocycles. The highest BCUT2D eigenvalue weighted by Gasteiger charge is 2.06. The minimum absolute atomic E-state index is 0.155. The number of rotatable bonds is 2. The number of carboxylic acids is 1. The summed E-state index contributed by atoms with van der Waals surface area (Å²) in [6.07, 6.45) is 0. The maximum Gasteiger partial charge on any atom is 0.335 e. The van der Waals surface area contributed by atoms with E-state index in [1.165, 1.54) is 24.3 Å². The molecule has 0 atom stereocenters. The lowest BCUT2D eigenvalue weighted by Gasteiger charge is -2.04. The van der Waals surface area contributed by atoms with Gasteiger partial charge in [-0.05, 0) is 41.5 Å². The van der Waals surface area contributed by atoms with Crippen molar-refractivity contribution in [2.24, 2.45) is 0 Å². The SMILES string of the molecule is O=C(O)c1cccc(-c2cc(F)cc(Cl)c2)c1. The summed E-state index contributed by atoms with van der Waals surface area (Å²) in [6.45, 7) is 0. The van der Waals surface area contributed by atoms with Crippen LogP contribution in [0.15, 0.2) is 42.5 Å². The maximum absolute atomic E-state index is 13.2. The van der Waals surface area contributed by atoms with Crippen LogP contribution < -0.4 is 0 Å². The molecule has 86 valence electrons. The van der Waals surface area contributed by atoms with Crippen molar-refractivity contribution in [1.82, 2.24) is 0 Å². The van der Waals surface area contributed by atoms with Crippen molar-refractivity contribution in [3.63, 3.8) is 0 Å². The molecule has 2 nitrogen and oxygen atoms in total. The number of carboxylic acid groups (broad SMARTS) is 1. The standard InChI is InChI=1S/C13H8ClFO2/c14-11-5-10(6-12(15)7-11)8-2-1-3-9(4-8)13(16)17/h1-7H,(H,16,17). The molecule has 0 aromatic heterocycles. The zero-order valence-corrected chi connectivity index (χ0v) is 9.41. The van der Waals surface area contributed by atoms with Crippen LogP contribution in [0.3, 0.4) is 0 Å². The Balaban J connectivity index is 2.52. The zero-order chi connectivity index (χ0) is 12.4. The fraction of sp³-hybridized carbons (Fsp3) is 0. The number of halogens is 2. The van der Waals surface area contributed by atoms with Crippen LogP contribution in [-0.4, -0.2) is 11.1 Å². The third kappa shape index (κ3) is 2.63. The second-order valence-corrected chi connectivity index (χ2v) is 3.98. The predicted molar refractivity (Wildman–Crippen MR) is 63.8 cm³/mol. The highest BCUT2D eigenvalue weighted by molar-refractivity contribution is 6.30. The van der Waals surface area contributed by atoms with E-state index in [2.05, 4.69) is 0 Å². The van der Waals surface area contributed by atoms with Gasteiger partial charge in [0.1, 0.15) is 5.82 Å². The molecule has 0 saturated heterocycles. The molecule has 0 aliphatic rings. The fourth-order valence-electron chi connectivity index (χ4n) is 1.55. The van der Waals surface area contributed by atoms with Gasteiger partial charge in [0.25, 0.3) is 0 Å². The van der Waals surface area contributed by atoms with E-state index in [-0.39, 0.29) is 10.6 Å². The van der Waals surface area contributed by atoms with Crippen LogP contribution in [0.4, 0.5) is 4.39 Å². The van der Waals surface area contributed by atoms with E-state index >= 15 is 0 Å². The summed E-state index contributed by atoms with van der Waals surface area (Å²) in [4.78, 5) is 10.8. The molecule has 1 N–H and O–H groups in total. The van der Waals surface area contributed by atoms with Crippen LogP contribution in [0, 0.1) is 5.82 Å². The zero-order valence-electron chi connectivity index (χ0n) is 8.65. The van der Waals surface area contributed by atoms with E-state index in [0.717, 1.165) is 0 Å². The smallest absolute Gasteiger partial charge is 0.335 e. The van der Waals surface area contributed by atoms with Gasteiger partial charge in [-0.3, -0.25) is 0 Å². The van der Waals surface area contributed by atoms with Crippen molar-refractivity contribution in [1.29, 1.82) is 0 Å². The van der Waals surface area contributed by atoms with Gasteiger partial charge in [0.05, 0.1) is 5.56 Å². The Morgan fingerprint density at radius 3 is 2.53 bits per heavy atom. The molecular formula is C13H8ClFO2. The highest BCUT2D eigenvalue weighted by atomic mass is 35.5. The fourth-order valence-corrected chi connectivity index (χ4v) is 1.77. The third-order valence-corrected chi connectivity index (χ3v) is 2.52. The Bertz CT molecular complexity index is 561. The van der Waals surface area contributed by atoms with Gasteiger partial charge < -0.3 is 5.11 Å². The first-order valence-corrected chi connectivity index (χ1v) is 5.24. The first kappa shape index (κ1) is 11.6. The molecule has 0 radical (unpaired) electrons. The lowest BCUT2D eigenvalue weighted by atomic mass is 10.0. The second-order valence-electron chi connectivity index (χ2n) is 3.54. The molecule has 17 heavy (non-hydrogen) atoms. The number of carbonyl (C=O) groups is 1. The summed E-state index contributed by atoms with van der Waals surface area (Å²) < 4.78 is 13.2. The lowest BCUT2D eigenvalue weighted by molar-refractivity contribution is 0.0697. The second kappa shape index (κ2) is 4.55. The molecule has 0 bridgehead atoms. The molecule has 4 heteroatoms. The maximum atomic E-state index is 13.2. The Labute approximate surface area is 102 Å². The van der Waals surface area contributed by atoms with Crippen LogP contribution >= 0.6 is 11.6 Å². The molecule has 0 unspecified atom stereocenters. The Morgan fingerprint density at radius 2 is 1.88 bits per heavy atom. The topological polar surface area (TPSA) is 37.3 Å². The van der Waals surface area contributed by atoms with Crippen molar-refractivity contribution in [2.75, 3.05) is 0 Å². The summed E-state index contributed by atoms with van der Waals surface area (Å²) in [7, 11) is 0. The number of benzene rings is 2. The average Bonchev–Trinajstić information content (AvgIpc) is 2.28. The van der Waals surface area contributed by atoms with Crippen LogP contribution in [0.2, 0.25) is 5.02 Å². The molecular weight excluding hydrogens is 243 g/mol. The molecule has 0 heterocycles. The molecule has 0 amide bonds. The summed E-state index contributed by atoms with van der Waals surface area (Å²) in [5, 5.41) is 9.14. The van der Waals surface area contributed by atoms with E-state index < -0.39 is 11.8 Å². The van der Waals surface area contributed by atoms with Gasteiger partial charge in [0.2, 0.25) is 0 Å². The monoisotopic (exact) mass is 250 g/mol. The molecule has 2 aromatic rings. The lowest BCUT2D eigenvalue weighted by Crippen LogP contribution is -1.95. The van der Waals surface area contributed by atoms with Crippen molar-refractivity contribution >= 4 is 17.6 Å². The third-order valence-electron chi connectivity index (χ3n) is 2.31. The van der Waals surface area contributed by atoms with Gasteiger partial charge in [-0.15, -0.1) is 0 Å². The summed E-state index contributed by atoms with van der Waals surface area (Å²) in [5.74, 6) is -1.47. The van der Waals surface area contributed by atoms with Gasteiger partial charge in [-0.1, -0.05) is 23.7 Å². The van der Waals surface area contributed by atoms with Crippen LogP contribution in [-0.2, 0) is 0 Å². The number of hydrogen-bond acceptors (Lipinski definition) is 1. The van der Waals surface area contributed by atoms with Gasteiger partial charge >= 0.3 is 5.97 Å². The van der Waals surface area contributed by atoms with E-state index in [1.54, 1.807) is 18.2 Å². The Kier molecular flexibility index (Phi) is 3.11. The minimum Gasteiger partial charge on any atom is -0.478 e. The number of hydrogen-bond donors (Lipinski definition) is 1. The highest BCUT2D eigenvalue weighted by Crippen LogP contribution is 2.25. The quantitative estimate of drug-likeness (QED) is 0.879. The van der Waals surface area contributed by atoms with Gasteiger partial charge in [0, 0.05) is 5.02 Å². The summed E-state index contributed by atoms with van der Waals surface area (Å²) in [5.41, 5.74) is 1.33. The van der Waals surface area contributed by atoms with Crippen LogP contribution in [0.5, 0.6) is 0 Å². The van der Waals surface area contributed by atoms with Gasteiger partial charge in [-0.2, -0.15) is 0 Å². The van der Waals surface area contributed by atoms with Crippen molar-refractivity contribution < 1.29 is 14.3 Å². The summed E-state index contributed by atoms with van der Waals surface area (Å²) in [6, 6.07) is 10.4. The first-order chi connectivity index (χ1) is 8.06. The molecule has 2 aromatic carbocycles. The molecule has 0 fully saturated rings. The van der Waals surface area contributed by atoms with Crippen LogP contribution in [0.25, 0.3) is 11.1 Å². The number of aromatic carboxylic acids is 1. The van der Waals surface area contributed by atoms with Crippen molar-refractivity contribution in [3.05, 3.63) is 58.9 Å². The normalized spacial score (nSPS) is 10.2. The van der Waals surface area contributed by atoms with Crippen molar-refractivity contribution in [3.8, 4) is 11.1 Å². The van der Waals surface area contributed by atoms with E-state index in [1.807, 2.05) is 0 Å².